The van der Waals surface area contributed by atoms with E-state index in [4.69, 9.17) is 0 Å². The molecule has 0 aliphatic heterocycles. The van der Waals surface area contributed by atoms with Crippen LogP contribution in [0.3, 0.4) is 0 Å². The van der Waals surface area contributed by atoms with Gasteiger partial charge < -0.3 is 0 Å². The molecule has 1 heteroatoms. The van der Waals surface area contributed by atoms with Crippen LogP contribution in [-0.4, -0.2) is 25.0 Å². The molecule has 0 heterocycles. The van der Waals surface area contributed by atoms with E-state index < -0.39 is 0 Å². The van der Waals surface area contributed by atoms with Gasteiger partial charge in [-0.25, -0.2) is 0 Å². The molecule has 0 aromatic heterocycles. The monoisotopic (exact) mass is 267 g/mol. The van der Waals surface area contributed by atoms with Crippen molar-refractivity contribution in [1.29, 1.82) is 0 Å². The van der Waals surface area contributed by atoms with Gasteiger partial charge in [-0.05, 0) is 32.5 Å². The maximum absolute atomic E-state index is 3.79. The first-order valence-electron chi connectivity index (χ1n) is 6.65. The van der Waals surface area contributed by atoms with E-state index in [2.05, 4.69) is 36.5 Å². The van der Waals surface area contributed by atoms with Crippen LogP contribution in [-0.2, 0) is 0 Å². The van der Waals surface area contributed by atoms with Crippen molar-refractivity contribution in [3.63, 3.8) is 0 Å². The van der Waals surface area contributed by atoms with Crippen LogP contribution >= 0.6 is 0 Å². The van der Waals surface area contributed by atoms with Crippen LogP contribution in [0.15, 0.2) is 72.9 Å². The molecule has 0 saturated carbocycles. The van der Waals surface area contributed by atoms with E-state index in [1.54, 1.807) is 6.08 Å². The van der Waals surface area contributed by atoms with E-state index in [-0.39, 0.29) is 0 Å². The SMILES string of the molecule is C=C/C=C(\C=C)CN(C)CC#CC(/C=C(/C)C=C)=C/C. The molecule has 0 atom stereocenters. The normalized spacial score (nSPS) is 12.7. The maximum Gasteiger partial charge on any atom is 0.0605 e. The van der Waals surface area contributed by atoms with Gasteiger partial charge in [-0.3, -0.25) is 4.90 Å². The van der Waals surface area contributed by atoms with Gasteiger partial charge in [0.25, 0.3) is 0 Å². The van der Waals surface area contributed by atoms with Crippen molar-refractivity contribution in [1.82, 2.24) is 4.90 Å². The number of hydrogen-bond donors (Lipinski definition) is 0. The molecule has 0 amide bonds. The van der Waals surface area contributed by atoms with Gasteiger partial charge in [-0.2, -0.15) is 0 Å². The summed E-state index contributed by atoms with van der Waals surface area (Å²) in [6.45, 7) is 16.8. The first-order valence-corrected chi connectivity index (χ1v) is 6.65. The Morgan fingerprint density at radius 1 is 1.20 bits per heavy atom. The summed E-state index contributed by atoms with van der Waals surface area (Å²) in [6.07, 6.45) is 11.5. The molecule has 0 saturated heterocycles. The average Bonchev–Trinajstić information content (AvgIpc) is 2.45. The van der Waals surface area contributed by atoms with E-state index in [9.17, 15) is 0 Å². The highest BCUT2D eigenvalue weighted by Crippen LogP contribution is 2.02. The number of hydrogen-bond acceptors (Lipinski definition) is 1. The van der Waals surface area contributed by atoms with E-state index in [1.165, 1.54) is 0 Å². The molecule has 20 heavy (non-hydrogen) atoms. The lowest BCUT2D eigenvalue weighted by atomic mass is 10.1. The minimum absolute atomic E-state index is 0.709. The predicted molar refractivity (Wildman–Crippen MR) is 91.5 cm³/mol. The van der Waals surface area contributed by atoms with Crippen LogP contribution in [0.5, 0.6) is 0 Å². The van der Waals surface area contributed by atoms with Gasteiger partial charge in [-0.15, -0.1) is 0 Å². The molecule has 0 fully saturated rings. The Balaban J connectivity index is 4.59. The second kappa shape index (κ2) is 10.8. The average molecular weight is 267 g/mol. The minimum Gasteiger partial charge on any atom is -0.291 e. The van der Waals surface area contributed by atoms with Gasteiger partial charge in [0.15, 0.2) is 0 Å². The van der Waals surface area contributed by atoms with Gasteiger partial charge in [0.1, 0.15) is 0 Å². The fraction of sp³-hybridized carbons (Fsp3) is 0.263. The Kier molecular flexibility index (Phi) is 9.74. The molecule has 0 aromatic carbocycles. The lowest BCUT2D eigenvalue weighted by Gasteiger charge is -2.13. The third-order valence-corrected chi connectivity index (χ3v) is 2.64. The standard InChI is InChI=1S/C19H25N/c1-7-12-19(10-4)16-20(6)14-11-13-18(9-3)15-17(5)8-2/h7-10,12,15H,1-2,4,14,16H2,3,5-6H3/b17-15-,18-9-,19-12+. The third kappa shape index (κ3) is 8.13. The summed E-state index contributed by atoms with van der Waals surface area (Å²) < 4.78 is 0. The Labute approximate surface area is 124 Å². The van der Waals surface area contributed by atoms with Crippen molar-refractivity contribution in [3.8, 4) is 11.8 Å². The third-order valence-electron chi connectivity index (χ3n) is 2.64. The Morgan fingerprint density at radius 2 is 1.90 bits per heavy atom. The van der Waals surface area contributed by atoms with Gasteiger partial charge in [0, 0.05) is 12.1 Å². The van der Waals surface area contributed by atoms with Gasteiger partial charge in [-0.1, -0.05) is 67.5 Å². The zero-order chi connectivity index (χ0) is 15.4. The molecule has 0 spiro atoms. The van der Waals surface area contributed by atoms with Crippen LogP contribution in [0.2, 0.25) is 0 Å². The van der Waals surface area contributed by atoms with Gasteiger partial charge in [0.05, 0.1) is 6.54 Å². The molecule has 0 aromatic rings. The molecule has 106 valence electrons. The van der Waals surface area contributed by atoms with Crippen molar-refractivity contribution in [2.24, 2.45) is 0 Å². The molecule has 0 aliphatic carbocycles. The zero-order valence-electron chi connectivity index (χ0n) is 12.9. The van der Waals surface area contributed by atoms with Crippen molar-refractivity contribution in [2.45, 2.75) is 13.8 Å². The van der Waals surface area contributed by atoms with Crippen molar-refractivity contribution < 1.29 is 0 Å². The molecule has 0 unspecified atom stereocenters. The van der Waals surface area contributed by atoms with Gasteiger partial charge >= 0.3 is 0 Å². The second-order valence-corrected chi connectivity index (χ2v) is 4.49. The molecular formula is C19H25N. The Morgan fingerprint density at radius 3 is 2.40 bits per heavy atom. The summed E-state index contributed by atoms with van der Waals surface area (Å²) in [7, 11) is 2.04. The summed E-state index contributed by atoms with van der Waals surface area (Å²) in [5.41, 5.74) is 3.27. The Bertz CT molecular complexity index is 490. The van der Waals surface area contributed by atoms with Crippen molar-refractivity contribution in [3.05, 3.63) is 72.9 Å². The highest BCUT2D eigenvalue weighted by atomic mass is 15.1. The first-order chi connectivity index (χ1) is 9.57. The fourth-order valence-corrected chi connectivity index (χ4v) is 1.48. The lowest BCUT2D eigenvalue weighted by molar-refractivity contribution is 0.412. The van der Waals surface area contributed by atoms with Crippen LogP contribution in [0.1, 0.15) is 13.8 Å². The molecule has 0 rings (SSSR count). The fourth-order valence-electron chi connectivity index (χ4n) is 1.48. The maximum atomic E-state index is 3.79. The number of rotatable bonds is 7. The quantitative estimate of drug-likeness (QED) is 0.491. The number of likely N-dealkylation sites (N-methyl/N-ethyl adjacent to an activating group) is 1. The van der Waals surface area contributed by atoms with E-state index in [0.717, 1.165) is 23.3 Å². The summed E-state index contributed by atoms with van der Waals surface area (Å²) in [5.74, 6) is 6.35. The van der Waals surface area contributed by atoms with Crippen molar-refractivity contribution in [2.75, 3.05) is 20.1 Å². The van der Waals surface area contributed by atoms with Crippen molar-refractivity contribution >= 4 is 0 Å². The van der Waals surface area contributed by atoms with E-state index in [0.29, 0.717) is 6.54 Å². The van der Waals surface area contributed by atoms with Crippen LogP contribution < -0.4 is 0 Å². The van der Waals surface area contributed by atoms with E-state index in [1.807, 2.05) is 51.3 Å². The first kappa shape index (κ1) is 18.0. The molecule has 1 nitrogen and oxygen atoms in total. The molecule has 0 bridgehead atoms. The van der Waals surface area contributed by atoms with Crippen LogP contribution in [0.4, 0.5) is 0 Å². The molecule has 0 aliphatic rings. The van der Waals surface area contributed by atoms with Crippen LogP contribution in [0.25, 0.3) is 0 Å². The number of allylic oxidation sites excluding steroid dienone is 7. The molecule has 0 N–H and O–H groups in total. The number of nitrogens with zero attached hydrogens (tertiary/aromatic N) is 1. The van der Waals surface area contributed by atoms with Crippen LogP contribution in [0, 0.1) is 11.8 Å². The lowest BCUT2D eigenvalue weighted by Crippen LogP contribution is -2.20. The predicted octanol–water partition coefficient (Wildman–Crippen LogP) is 4.30. The molecular weight excluding hydrogens is 242 g/mol. The summed E-state index contributed by atoms with van der Waals surface area (Å²) >= 11 is 0. The summed E-state index contributed by atoms with van der Waals surface area (Å²) in [6, 6.07) is 0. The highest BCUT2D eigenvalue weighted by Gasteiger charge is 1.97. The van der Waals surface area contributed by atoms with Gasteiger partial charge in [0.2, 0.25) is 0 Å². The summed E-state index contributed by atoms with van der Waals surface area (Å²) in [5, 5.41) is 0. The highest BCUT2D eigenvalue weighted by molar-refractivity contribution is 5.41. The largest absolute Gasteiger partial charge is 0.291 e. The second-order valence-electron chi connectivity index (χ2n) is 4.49. The zero-order valence-corrected chi connectivity index (χ0v) is 12.9. The van der Waals surface area contributed by atoms with E-state index >= 15 is 0 Å². The Hall–Kier alpha value is -2.04. The minimum atomic E-state index is 0.709. The topological polar surface area (TPSA) is 3.24 Å². The summed E-state index contributed by atoms with van der Waals surface area (Å²) in [4.78, 5) is 2.14. The molecule has 0 radical (unpaired) electrons. The smallest absolute Gasteiger partial charge is 0.0605 e.